The van der Waals surface area contributed by atoms with Gasteiger partial charge in [-0.3, -0.25) is 9.78 Å². The molecule has 2 amide bonds. The molecule has 1 aromatic carbocycles. The van der Waals surface area contributed by atoms with Gasteiger partial charge in [0, 0.05) is 39.8 Å². The fraction of sp³-hybridized carbons (Fsp3) is 0.375. The van der Waals surface area contributed by atoms with E-state index in [2.05, 4.69) is 15.6 Å². The summed E-state index contributed by atoms with van der Waals surface area (Å²) >= 11 is 1.34. The van der Waals surface area contributed by atoms with Crippen molar-refractivity contribution in [3.05, 3.63) is 58.5 Å². The zero-order chi connectivity index (χ0) is 23.7. The molecule has 0 aliphatic rings. The number of carbonyl (C=O) groups is 2. The molecule has 0 radical (unpaired) electrons. The van der Waals surface area contributed by atoms with Crippen molar-refractivity contribution in [2.75, 3.05) is 11.9 Å². The minimum Gasteiger partial charge on any atom is -0.444 e. The predicted octanol–water partition coefficient (Wildman–Crippen LogP) is 5.06. The lowest BCUT2D eigenvalue weighted by atomic mass is 10.1. The molecule has 172 valence electrons. The standard InChI is InChI=1S/C22H25N3O4S.C2H6/c1-22(2,3)29-21(28)24-12-18(19-7-6-17(13-26)30-19)20(27)25-16-5-4-15-11-23-9-8-14(15)10-16;1-2/h4-11,18,26H,12-13H2,1-3H3,(H,24,28)(H,25,27);1-2H3. The van der Waals surface area contributed by atoms with Gasteiger partial charge in [-0.2, -0.15) is 0 Å². The molecule has 1 atom stereocenters. The van der Waals surface area contributed by atoms with Crippen LogP contribution in [-0.2, 0) is 16.1 Å². The first-order valence-electron chi connectivity index (χ1n) is 10.6. The van der Waals surface area contributed by atoms with Gasteiger partial charge in [-0.15, -0.1) is 11.3 Å². The van der Waals surface area contributed by atoms with Gasteiger partial charge in [0.25, 0.3) is 0 Å². The van der Waals surface area contributed by atoms with E-state index in [1.165, 1.54) is 11.3 Å². The van der Waals surface area contributed by atoms with E-state index < -0.39 is 17.6 Å². The number of fused-ring (bicyclic) bond motifs is 1. The second-order valence-electron chi connectivity index (χ2n) is 7.82. The number of hydrogen-bond donors (Lipinski definition) is 3. The SMILES string of the molecule is CC.CC(C)(C)OC(=O)NCC(C(=O)Nc1ccc2cnccc2c1)c1ccc(CO)s1. The van der Waals surface area contributed by atoms with Gasteiger partial charge < -0.3 is 20.5 Å². The van der Waals surface area contributed by atoms with E-state index >= 15 is 0 Å². The number of carbonyl (C=O) groups excluding carboxylic acids is 2. The molecule has 7 nitrogen and oxygen atoms in total. The largest absolute Gasteiger partial charge is 0.444 e. The van der Waals surface area contributed by atoms with E-state index in [9.17, 15) is 14.7 Å². The van der Waals surface area contributed by atoms with Gasteiger partial charge in [-0.05, 0) is 56.5 Å². The zero-order valence-electron chi connectivity index (χ0n) is 19.1. The molecule has 32 heavy (non-hydrogen) atoms. The maximum Gasteiger partial charge on any atom is 0.407 e. The van der Waals surface area contributed by atoms with Crippen LogP contribution in [0.25, 0.3) is 10.8 Å². The molecule has 1 unspecified atom stereocenters. The van der Waals surface area contributed by atoms with Crippen molar-refractivity contribution >= 4 is 39.8 Å². The Morgan fingerprint density at radius 2 is 1.88 bits per heavy atom. The highest BCUT2D eigenvalue weighted by Gasteiger charge is 2.25. The lowest BCUT2D eigenvalue weighted by Gasteiger charge is -2.21. The molecular formula is C24H31N3O4S. The minimum atomic E-state index is -0.630. The first-order chi connectivity index (χ1) is 15.2. The summed E-state index contributed by atoms with van der Waals surface area (Å²) in [6.07, 6.45) is 2.87. The van der Waals surface area contributed by atoms with Gasteiger partial charge >= 0.3 is 6.09 Å². The quantitative estimate of drug-likeness (QED) is 0.480. The molecule has 3 N–H and O–H groups in total. The van der Waals surface area contributed by atoms with Crippen molar-refractivity contribution in [2.24, 2.45) is 0 Å². The summed E-state index contributed by atoms with van der Waals surface area (Å²) in [5.74, 6) is -0.887. The van der Waals surface area contributed by atoms with Gasteiger partial charge in [0.1, 0.15) is 5.60 Å². The van der Waals surface area contributed by atoms with Crippen LogP contribution in [0, 0.1) is 0 Å². The second-order valence-corrected chi connectivity index (χ2v) is 9.02. The van der Waals surface area contributed by atoms with E-state index in [1.807, 2.05) is 38.1 Å². The molecule has 0 spiro atoms. The second kappa shape index (κ2) is 11.6. The van der Waals surface area contributed by atoms with E-state index in [0.29, 0.717) is 5.69 Å². The van der Waals surface area contributed by atoms with Crippen LogP contribution in [-0.4, -0.2) is 34.2 Å². The molecule has 2 heterocycles. The van der Waals surface area contributed by atoms with Crippen LogP contribution in [0.3, 0.4) is 0 Å². The highest BCUT2D eigenvalue weighted by atomic mass is 32.1. The van der Waals surface area contributed by atoms with E-state index in [-0.39, 0.29) is 19.1 Å². The van der Waals surface area contributed by atoms with Crippen LogP contribution >= 0.6 is 11.3 Å². The topological polar surface area (TPSA) is 101 Å². The highest BCUT2D eigenvalue weighted by Crippen LogP contribution is 2.27. The number of ether oxygens (including phenoxy) is 1. The van der Waals surface area contributed by atoms with Crippen molar-refractivity contribution in [3.8, 4) is 0 Å². The summed E-state index contributed by atoms with van der Waals surface area (Å²) in [4.78, 5) is 30.7. The van der Waals surface area contributed by atoms with Crippen LogP contribution in [0.1, 0.15) is 50.3 Å². The van der Waals surface area contributed by atoms with E-state index in [0.717, 1.165) is 20.5 Å². The van der Waals surface area contributed by atoms with Crippen molar-refractivity contribution in [1.82, 2.24) is 10.3 Å². The van der Waals surface area contributed by atoms with Crippen LogP contribution in [0.15, 0.2) is 48.8 Å². The van der Waals surface area contributed by atoms with Gasteiger partial charge in [-0.25, -0.2) is 4.79 Å². The molecule has 2 aromatic heterocycles. The monoisotopic (exact) mass is 457 g/mol. The zero-order valence-corrected chi connectivity index (χ0v) is 20.0. The molecule has 0 saturated carbocycles. The van der Waals surface area contributed by atoms with E-state index in [4.69, 9.17) is 4.74 Å². The number of pyridine rings is 1. The van der Waals surface area contributed by atoms with Crippen LogP contribution < -0.4 is 10.6 Å². The number of nitrogens with zero attached hydrogens (tertiary/aromatic N) is 1. The third-order valence-electron chi connectivity index (χ3n) is 4.26. The average molecular weight is 458 g/mol. The fourth-order valence-corrected chi connectivity index (χ4v) is 3.85. The Kier molecular flexibility index (Phi) is 9.16. The molecule has 3 rings (SSSR count). The number of aromatic nitrogens is 1. The van der Waals surface area contributed by atoms with Gasteiger partial charge in [0.2, 0.25) is 5.91 Å². The summed E-state index contributed by atoms with van der Waals surface area (Å²) in [6, 6.07) is 11.0. The maximum absolute atomic E-state index is 13.1. The summed E-state index contributed by atoms with van der Waals surface area (Å²) in [7, 11) is 0. The van der Waals surface area contributed by atoms with Crippen molar-refractivity contribution < 1.29 is 19.4 Å². The van der Waals surface area contributed by atoms with Crippen LogP contribution in [0.5, 0.6) is 0 Å². The molecule has 0 saturated heterocycles. The lowest BCUT2D eigenvalue weighted by Crippen LogP contribution is -2.37. The molecule has 8 heteroatoms. The molecule has 0 aliphatic carbocycles. The minimum absolute atomic E-state index is 0.0730. The van der Waals surface area contributed by atoms with Crippen molar-refractivity contribution in [1.29, 1.82) is 0 Å². The number of anilines is 1. The summed E-state index contributed by atoms with van der Waals surface area (Å²) in [5.41, 5.74) is 0.0225. The number of aliphatic hydroxyl groups excluding tert-OH is 1. The Hall–Kier alpha value is -2.97. The Morgan fingerprint density at radius 1 is 1.12 bits per heavy atom. The molecule has 0 bridgehead atoms. The van der Waals surface area contributed by atoms with Gasteiger partial charge in [-0.1, -0.05) is 19.9 Å². The fourth-order valence-electron chi connectivity index (χ4n) is 2.88. The Bertz CT molecular complexity index is 1040. The third-order valence-corrected chi connectivity index (χ3v) is 5.44. The summed E-state index contributed by atoms with van der Waals surface area (Å²) < 4.78 is 5.27. The van der Waals surface area contributed by atoms with Crippen LogP contribution in [0.2, 0.25) is 0 Å². The number of aliphatic hydroxyl groups is 1. The smallest absolute Gasteiger partial charge is 0.407 e. The average Bonchev–Trinajstić information content (AvgIpc) is 3.23. The first kappa shape index (κ1) is 25.3. The molecule has 0 fully saturated rings. The predicted molar refractivity (Wildman–Crippen MR) is 129 cm³/mol. The highest BCUT2D eigenvalue weighted by molar-refractivity contribution is 7.12. The Morgan fingerprint density at radius 3 is 2.53 bits per heavy atom. The Labute approximate surface area is 192 Å². The molecular weight excluding hydrogens is 426 g/mol. The Balaban J connectivity index is 0.00000176. The lowest BCUT2D eigenvalue weighted by molar-refractivity contribution is -0.117. The number of hydrogen-bond acceptors (Lipinski definition) is 6. The first-order valence-corrected chi connectivity index (χ1v) is 11.4. The molecule has 3 aromatic rings. The van der Waals surface area contributed by atoms with Crippen molar-refractivity contribution in [3.63, 3.8) is 0 Å². The third kappa shape index (κ3) is 7.32. The van der Waals surface area contributed by atoms with Gasteiger partial charge in [0.15, 0.2) is 0 Å². The number of alkyl carbamates (subject to hydrolysis) is 1. The number of benzene rings is 1. The number of nitrogens with one attached hydrogen (secondary N) is 2. The summed E-state index contributed by atoms with van der Waals surface area (Å²) in [5, 5.41) is 16.9. The van der Waals surface area contributed by atoms with Crippen LogP contribution in [0.4, 0.5) is 10.5 Å². The number of amides is 2. The van der Waals surface area contributed by atoms with E-state index in [1.54, 1.807) is 45.3 Å². The number of thiophene rings is 1. The van der Waals surface area contributed by atoms with Crippen molar-refractivity contribution in [2.45, 2.75) is 52.7 Å². The maximum atomic E-state index is 13.1. The number of rotatable bonds is 6. The molecule has 0 aliphatic heterocycles. The van der Waals surface area contributed by atoms with Gasteiger partial charge in [0.05, 0.1) is 12.5 Å². The summed E-state index contributed by atoms with van der Waals surface area (Å²) in [6.45, 7) is 9.30. The normalized spacial score (nSPS) is 11.8.